The Balaban J connectivity index is 1.57. The molecule has 0 amide bonds. The van der Waals surface area contributed by atoms with Crippen molar-refractivity contribution in [3.63, 3.8) is 0 Å². The van der Waals surface area contributed by atoms with Crippen LogP contribution in [0.4, 0.5) is 4.39 Å². The predicted molar refractivity (Wildman–Crippen MR) is 72.6 cm³/mol. The van der Waals surface area contributed by atoms with E-state index in [4.69, 9.17) is 4.74 Å². The normalized spacial score (nSPS) is 26.8. The van der Waals surface area contributed by atoms with Crippen molar-refractivity contribution in [2.75, 3.05) is 19.7 Å². The lowest BCUT2D eigenvalue weighted by Crippen LogP contribution is -2.50. The molecule has 2 aliphatic heterocycles. The first-order valence-electron chi connectivity index (χ1n) is 7.30. The van der Waals surface area contributed by atoms with Crippen LogP contribution in [0, 0.1) is 5.82 Å². The van der Waals surface area contributed by atoms with E-state index in [1.165, 1.54) is 6.20 Å². The summed E-state index contributed by atoms with van der Waals surface area (Å²) in [6.07, 6.45) is 5.98. The fraction of sp³-hybridized carbons (Fsp3) is 0.667. The topological polar surface area (TPSA) is 45.6 Å². The van der Waals surface area contributed by atoms with E-state index in [1.54, 1.807) is 12.3 Å². The number of hydrogen-bond donors (Lipinski definition) is 1. The molecule has 2 saturated heterocycles. The summed E-state index contributed by atoms with van der Waals surface area (Å²) in [4.78, 5) is 6.02. The van der Waals surface area contributed by atoms with Crippen molar-refractivity contribution in [3.05, 3.63) is 29.8 Å². The highest BCUT2D eigenvalue weighted by Crippen LogP contribution is 2.35. The van der Waals surface area contributed by atoms with E-state index in [2.05, 4.69) is 9.88 Å². The van der Waals surface area contributed by atoms with E-state index in [-0.39, 0.29) is 17.5 Å². The molecule has 1 N–H and O–H groups in total. The number of pyridine rings is 1. The highest BCUT2D eigenvalue weighted by molar-refractivity contribution is 5.12. The van der Waals surface area contributed by atoms with Crippen LogP contribution < -0.4 is 0 Å². The Morgan fingerprint density at radius 3 is 2.95 bits per heavy atom. The van der Waals surface area contributed by atoms with E-state index in [9.17, 15) is 9.50 Å². The fourth-order valence-electron chi connectivity index (χ4n) is 3.24. The molecular weight excluding hydrogens is 259 g/mol. The predicted octanol–water partition coefficient (Wildman–Crippen LogP) is 1.73. The number of likely N-dealkylation sites (tertiary alicyclic amines) is 1. The van der Waals surface area contributed by atoms with Crippen LogP contribution in [-0.4, -0.2) is 46.4 Å². The second-order valence-corrected chi connectivity index (χ2v) is 5.92. The van der Waals surface area contributed by atoms with E-state index < -0.39 is 0 Å². The molecule has 1 atom stereocenters. The first-order chi connectivity index (χ1) is 9.67. The van der Waals surface area contributed by atoms with Gasteiger partial charge in [0.2, 0.25) is 0 Å². The highest BCUT2D eigenvalue weighted by atomic mass is 19.1. The average Bonchev–Trinajstić information content (AvgIpc) is 2.44. The van der Waals surface area contributed by atoms with Gasteiger partial charge in [0.1, 0.15) is 5.82 Å². The van der Waals surface area contributed by atoms with Crippen LogP contribution in [0.5, 0.6) is 0 Å². The van der Waals surface area contributed by atoms with Crippen LogP contribution in [0.15, 0.2) is 18.5 Å². The van der Waals surface area contributed by atoms with Gasteiger partial charge in [0.05, 0.1) is 17.9 Å². The molecule has 1 unspecified atom stereocenters. The molecule has 110 valence electrons. The summed E-state index contributed by atoms with van der Waals surface area (Å²) in [6.45, 7) is 3.04. The summed E-state index contributed by atoms with van der Waals surface area (Å²) in [7, 11) is 0. The van der Waals surface area contributed by atoms with E-state index in [1.807, 2.05) is 0 Å². The second kappa shape index (κ2) is 5.76. The molecule has 0 aliphatic carbocycles. The van der Waals surface area contributed by atoms with Crippen molar-refractivity contribution < 1.29 is 14.2 Å². The van der Waals surface area contributed by atoms with Crippen LogP contribution >= 0.6 is 0 Å². The third-order valence-corrected chi connectivity index (χ3v) is 4.48. The van der Waals surface area contributed by atoms with Gasteiger partial charge >= 0.3 is 0 Å². The van der Waals surface area contributed by atoms with Crippen LogP contribution in [0.2, 0.25) is 0 Å². The number of ether oxygens (including phenoxy) is 1. The number of halogens is 1. The molecule has 0 saturated carbocycles. The number of aliphatic hydroxyl groups is 1. The smallest absolute Gasteiger partial charge is 0.145 e. The molecule has 3 rings (SSSR count). The van der Waals surface area contributed by atoms with Gasteiger partial charge in [-0.15, -0.1) is 0 Å². The quantitative estimate of drug-likeness (QED) is 0.896. The minimum Gasteiger partial charge on any atom is -0.393 e. The first-order valence-corrected chi connectivity index (χ1v) is 7.30. The number of rotatable bonds is 2. The number of hydrogen-bond acceptors (Lipinski definition) is 4. The van der Waals surface area contributed by atoms with Gasteiger partial charge in [0, 0.05) is 44.4 Å². The van der Waals surface area contributed by atoms with Crippen LogP contribution in [-0.2, 0) is 11.3 Å². The molecule has 0 bridgehead atoms. The van der Waals surface area contributed by atoms with Gasteiger partial charge in [-0.05, 0) is 25.3 Å². The number of piperidine rings is 1. The molecule has 1 aromatic heterocycles. The van der Waals surface area contributed by atoms with E-state index in [0.29, 0.717) is 18.7 Å². The van der Waals surface area contributed by atoms with E-state index >= 15 is 0 Å². The van der Waals surface area contributed by atoms with Gasteiger partial charge in [-0.3, -0.25) is 9.88 Å². The van der Waals surface area contributed by atoms with Crippen LogP contribution in [0.3, 0.4) is 0 Å². The summed E-state index contributed by atoms with van der Waals surface area (Å²) in [5, 5.41) is 9.81. The zero-order valence-electron chi connectivity index (χ0n) is 11.6. The summed E-state index contributed by atoms with van der Waals surface area (Å²) >= 11 is 0. The van der Waals surface area contributed by atoms with Gasteiger partial charge in [0.25, 0.3) is 0 Å². The molecule has 0 radical (unpaired) electrons. The third-order valence-electron chi connectivity index (χ3n) is 4.48. The molecule has 20 heavy (non-hydrogen) atoms. The Labute approximate surface area is 118 Å². The molecule has 4 nitrogen and oxygen atoms in total. The minimum absolute atomic E-state index is 0.148. The van der Waals surface area contributed by atoms with Crippen molar-refractivity contribution in [2.45, 2.75) is 43.9 Å². The fourth-order valence-corrected chi connectivity index (χ4v) is 3.24. The average molecular weight is 280 g/mol. The second-order valence-electron chi connectivity index (χ2n) is 5.92. The summed E-state index contributed by atoms with van der Waals surface area (Å²) in [5.41, 5.74) is 0.547. The largest absolute Gasteiger partial charge is 0.393 e. The number of aromatic nitrogens is 1. The van der Waals surface area contributed by atoms with Crippen molar-refractivity contribution in [1.82, 2.24) is 9.88 Å². The molecule has 3 heterocycles. The van der Waals surface area contributed by atoms with Crippen LogP contribution in [0.1, 0.15) is 31.2 Å². The standard InChI is InChI=1S/C15H21FN2O2/c16-14-10-17-5-1-12(14)11-18-6-3-15(4-7-18)9-13(19)2-8-20-15/h1,5,10,13,19H,2-4,6-9,11H2. The Morgan fingerprint density at radius 2 is 2.25 bits per heavy atom. The van der Waals surface area contributed by atoms with Crippen LogP contribution in [0.25, 0.3) is 0 Å². The monoisotopic (exact) mass is 280 g/mol. The lowest BCUT2D eigenvalue weighted by molar-refractivity contribution is -0.143. The van der Waals surface area contributed by atoms with Gasteiger partial charge < -0.3 is 9.84 Å². The van der Waals surface area contributed by atoms with E-state index in [0.717, 1.165) is 38.8 Å². The molecule has 5 heteroatoms. The first kappa shape index (κ1) is 13.9. The number of aliphatic hydroxyl groups excluding tert-OH is 1. The Morgan fingerprint density at radius 1 is 1.45 bits per heavy atom. The molecule has 1 aromatic rings. The van der Waals surface area contributed by atoms with Gasteiger partial charge in [-0.25, -0.2) is 4.39 Å². The zero-order valence-corrected chi connectivity index (χ0v) is 11.6. The van der Waals surface area contributed by atoms with Crippen molar-refractivity contribution in [1.29, 1.82) is 0 Å². The highest BCUT2D eigenvalue weighted by Gasteiger charge is 2.39. The zero-order chi connectivity index (χ0) is 14.0. The number of nitrogens with zero attached hydrogens (tertiary/aromatic N) is 2. The molecule has 1 spiro atoms. The van der Waals surface area contributed by atoms with Crippen molar-refractivity contribution in [3.8, 4) is 0 Å². The van der Waals surface area contributed by atoms with Gasteiger partial charge in [-0.1, -0.05) is 0 Å². The van der Waals surface area contributed by atoms with Crippen molar-refractivity contribution >= 4 is 0 Å². The molecule has 2 aliphatic rings. The molecule has 2 fully saturated rings. The Bertz CT molecular complexity index is 461. The van der Waals surface area contributed by atoms with Gasteiger partial charge in [0.15, 0.2) is 0 Å². The minimum atomic E-state index is -0.239. The lowest BCUT2D eigenvalue weighted by Gasteiger charge is -2.45. The summed E-state index contributed by atoms with van der Waals surface area (Å²) < 4.78 is 19.5. The maximum Gasteiger partial charge on any atom is 0.145 e. The Kier molecular flexibility index (Phi) is 4.01. The summed E-state index contributed by atoms with van der Waals surface area (Å²) in [6, 6.07) is 1.74. The van der Waals surface area contributed by atoms with Crippen molar-refractivity contribution in [2.24, 2.45) is 0 Å². The lowest BCUT2D eigenvalue weighted by atomic mass is 9.83. The third kappa shape index (κ3) is 3.00. The SMILES string of the molecule is OC1CCOC2(CCN(Cc3ccncc3F)CC2)C1. The van der Waals surface area contributed by atoms with Gasteiger partial charge in [-0.2, -0.15) is 0 Å². The summed E-state index contributed by atoms with van der Waals surface area (Å²) in [5.74, 6) is -0.239. The molecular formula is C15H21FN2O2. The Hall–Kier alpha value is -1.04. The maximum absolute atomic E-state index is 13.6. The molecule has 0 aromatic carbocycles. The maximum atomic E-state index is 13.6.